The molecule has 0 spiro atoms. The molecular weight excluding hydrogens is 261 g/mol. The fourth-order valence-corrected chi connectivity index (χ4v) is 2.25. The lowest BCUT2D eigenvalue weighted by molar-refractivity contribution is 0.677. The van der Waals surface area contributed by atoms with E-state index >= 15 is 0 Å². The molecule has 0 saturated carbocycles. The number of nitrogens with zero attached hydrogens (tertiary/aromatic N) is 1. The molecular formula is C10H14IN. The van der Waals surface area contributed by atoms with Gasteiger partial charge >= 0.3 is 0 Å². The Bertz CT molecular complexity index is 210. The van der Waals surface area contributed by atoms with Crippen LogP contribution in [0.4, 0.5) is 0 Å². The third kappa shape index (κ3) is 2.73. The summed E-state index contributed by atoms with van der Waals surface area (Å²) in [6.07, 6.45) is 6.34. The molecule has 0 aliphatic carbocycles. The molecule has 1 atom stereocenters. The van der Waals surface area contributed by atoms with Crippen molar-refractivity contribution in [1.29, 1.82) is 0 Å². The Morgan fingerprint density at radius 2 is 2.42 bits per heavy atom. The predicted molar refractivity (Wildman–Crippen MR) is 60.8 cm³/mol. The first-order valence-electron chi connectivity index (χ1n) is 4.34. The largest absolute Gasteiger partial charge is 0.264 e. The minimum absolute atomic E-state index is 0.698. The van der Waals surface area contributed by atoms with Crippen LogP contribution < -0.4 is 0 Å². The molecule has 1 rings (SSSR count). The number of aromatic nitrogens is 1. The minimum Gasteiger partial charge on any atom is -0.264 e. The molecule has 0 aliphatic heterocycles. The first kappa shape index (κ1) is 9.96. The Hall–Kier alpha value is -0.120. The molecule has 12 heavy (non-hydrogen) atoms. The van der Waals surface area contributed by atoms with Gasteiger partial charge in [-0.15, -0.1) is 0 Å². The third-order valence-corrected chi connectivity index (χ3v) is 3.04. The van der Waals surface area contributed by atoms with Crippen molar-refractivity contribution in [3.8, 4) is 0 Å². The van der Waals surface area contributed by atoms with E-state index in [0.29, 0.717) is 5.92 Å². The van der Waals surface area contributed by atoms with Crippen molar-refractivity contribution in [2.24, 2.45) is 0 Å². The van der Waals surface area contributed by atoms with E-state index in [-0.39, 0.29) is 0 Å². The normalized spacial score (nSPS) is 12.8. The van der Waals surface area contributed by atoms with E-state index in [1.54, 1.807) is 0 Å². The van der Waals surface area contributed by atoms with Crippen LogP contribution >= 0.6 is 22.6 Å². The first-order valence-corrected chi connectivity index (χ1v) is 5.87. The lowest BCUT2D eigenvalue weighted by Crippen LogP contribution is -1.99. The molecule has 1 aromatic heterocycles. The second kappa shape index (κ2) is 5.51. The first-order chi connectivity index (χ1) is 5.88. The van der Waals surface area contributed by atoms with Crippen molar-refractivity contribution in [3.63, 3.8) is 0 Å². The molecule has 1 heterocycles. The van der Waals surface area contributed by atoms with E-state index in [9.17, 15) is 0 Å². The van der Waals surface area contributed by atoms with Gasteiger partial charge in [0.05, 0.1) is 0 Å². The summed E-state index contributed by atoms with van der Waals surface area (Å²) in [6, 6.07) is 4.19. The Kier molecular flexibility index (Phi) is 4.58. The summed E-state index contributed by atoms with van der Waals surface area (Å²) in [4.78, 5) is 4.13. The lowest BCUT2D eigenvalue weighted by Gasteiger charge is -2.11. The van der Waals surface area contributed by atoms with Crippen molar-refractivity contribution in [2.75, 3.05) is 4.43 Å². The van der Waals surface area contributed by atoms with Crippen LogP contribution in [0, 0.1) is 0 Å². The molecule has 66 valence electrons. The molecule has 0 N–H and O–H groups in total. The minimum atomic E-state index is 0.698. The molecule has 1 aromatic rings. The Morgan fingerprint density at radius 3 is 2.92 bits per heavy atom. The van der Waals surface area contributed by atoms with Crippen LogP contribution in [0.25, 0.3) is 0 Å². The van der Waals surface area contributed by atoms with Gasteiger partial charge < -0.3 is 0 Å². The van der Waals surface area contributed by atoms with E-state index in [0.717, 1.165) is 0 Å². The molecule has 0 amide bonds. The molecule has 0 radical (unpaired) electrons. The van der Waals surface area contributed by atoms with Gasteiger partial charge in [0.25, 0.3) is 0 Å². The zero-order valence-electron chi connectivity index (χ0n) is 7.33. The highest BCUT2D eigenvalue weighted by molar-refractivity contribution is 14.1. The summed E-state index contributed by atoms with van der Waals surface area (Å²) in [6.45, 7) is 2.23. The van der Waals surface area contributed by atoms with E-state index in [4.69, 9.17) is 0 Å². The number of hydrogen-bond acceptors (Lipinski definition) is 1. The third-order valence-electron chi connectivity index (χ3n) is 1.98. The van der Waals surface area contributed by atoms with Gasteiger partial charge in [-0.25, -0.2) is 0 Å². The standard InChI is InChI=1S/C10H14IN/c1-2-4-9(7-11)10-5-3-6-12-8-10/h3,5-6,8-9H,2,4,7H2,1H3. The maximum absolute atomic E-state index is 4.13. The quantitative estimate of drug-likeness (QED) is 0.606. The average Bonchev–Trinajstić information content (AvgIpc) is 2.15. The van der Waals surface area contributed by atoms with Gasteiger partial charge in [0.2, 0.25) is 0 Å². The molecule has 2 heteroatoms. The fraction of sp³-hybridized carbons (Fsp3) is 0.500. The topological polar surface area (TPSA) is 12.9 Å². The average molecular weight is 275 g/mol. The van der Waals surface area contributed by atoms with Crippen LogP contribution in [0.2, 0.25) is 0 Å². The van der Waals surface area contributed by atoms with Gasteiger partial charge in [-0.05, 0) is 24.0 Å². The maximum atomic E-state index is 4.13. The van der Waals surface area contributed by atoms with Gasteiger partial charge in [0.15, 0.2) is 0 Å². The molecule has 1 nitrogen and oxygen atoms in total. The van der Waals surface area contributed by atoms with Crippen LogP contribution in [0.5, 0.6) is 0 Å². The van der Waals surface area contributed by atoms with E-state index in [2.05, 4.69) is 40.6 Å². The van der Waals surface area contributed by atoms with Gasteiger partial charge in [0.1, 0.15) is 0 Å². The van der Waals surface area contributed by atoms with E-state index in [1.165, 1.54) is 22.8 Å². The Labute approximate surface area is 87.7 Å². The van der Waals surface area contributed by atoms with Crippen LogP contribution in [0.1, 0.15) is 31.2 Å². The zero-order chi connectivity index (χ0) is 8.81. The number of alkyl halides is 1. The summed E-state index contributed by atoms with van der Waals surface area (Å²) < 4.78 is 1.19. The molecule has 0 saturated heterocycles. The monoisotopic (exact) mass is 275 g/mol. The lowest BCUT2D eigenvalue weighted by atomic mass is 9.98. The van der Waals surface area contributed by atoms with Crippen molar-refractivity contribution >= 4 is 22.6 Å². The van der Waals surface area contributed by atoms with Gasteiger partial charge in [-0.3, -0.25) is 4.98 Å². The zero-order valence-corrected chi connectivity index (χ0v) is 9.49. The second-order valence-corrected chi connectivity index (χ2v) is 3.81. The Balaban J connectivity index is 2.66. The van der Waals surface area contributed by atoms with E-state index in [1.807, 2.05) is 18.5 Å². The van der Waals surface area contributed by atoms with Crippen LogP contribution in [-0.4, -0.2) is 9.41 Å². The van der Waals surface area contributed by atoms with E-state index < -0.39 is 0 Å². The molecule has 0 aromatic carbocycles. The predicted octanol–water partition coefficient (Wildman–Crippen LogP) is 3.40. The molecule has 0 fully saturated rings. The van der Waals surface area contributed by atoms with Gasteiger partial charge in [-0.1, -0.05) is 42.0 Å². The Morgan fingerprint density at radius 1 is 1.58 bits per heavy atom. The van der Waals surface area contributed by atoms with Crippen LogP contribution in [0.15, 0.2) is 24.5 Å². The molecule has 0 aliphatic rings. The summed E-state index contributed by atoms with van der Waals surface area (Å²) >= 11 is 2.45. The fourth-order valence-electron chi connectivity index (χ4n) is 1.30. The smallest absolute Gasteiger partial charge is 0.0302 e. The number of halogens is 1. The van der Waals surface area contributed by atoms with Crippen LogP contribution in [-0.2, 0) is 0 Å². The summed E-state index contributed by atoms with van der Waals surface area (Å²) in [5.74, 6) is 0.698. The number of hydrogen-bond donors (Lipinski definition) is 0. The van der Waals surface area contributed by atoms with Crippen LogP contribution in [0.3, 0.4) is 0 Å². The van der Waals surface area contributed by atoms with Gasteiger partial charge in [0, 0.05) is 16.8 Å². The molecule has 1 unspecified atom stereocenters. The van der Waals surface area contributed by atoms with Crippen molar-refractivity contribution in [3.05, 3.63) is 30.1 Å². The molecule has 0 bridgehead atoms. The van der Waals surface area contributed by atoms with Crippen molar-refractivity contribution < 1.29 is 0 Å². The number of pyridine rings is 1. The summed E-state index contributed by atoms with van der Waals surface area (Å²) in [5.41, 5.74) is 1.38. The number of rotatable bonds is 4. The van der Waals surface area contributed by atoms with Crippen molar-refractivity contribution in [2.45, 2.75) is 25.7 Å². The SMILES string of the molecule is CCCC(CI)c1cccnc1. The maximum Gasteiger partial charge on any atom is 0.0302 e. The highest BCUT2D eigenvalue weighted by Gasteiger charge is 2.07. The van der Waals surface area contributed by atoms with Crippen molar-refractivity contribution in [1.82, 2.24) is 4.98 Å². The van der Waals surface area contributed by atoms with Gasteiger partial charge in [-0.2, -0.15) is 0 Å². The second-order valence-electron chi connectivity index (χ2n) is 2.93. The highest BCUT2D eigenvalue weighted by atomic mass is 127. The highest BCUT2D eigenvalue weighted by Crippen LogP contribution is 2.22. The summed E-state index contributed by atoms with van der Waals surface area (Å²) in [5, 5.41) is 0. The summed E-state index contributed by atoms with van der Waals surface area (Å²) in [7, 11) is 0.